The second-order valence-corrected chi connectivity index (χ2v) is 18.4. The fourth-order valence-corrected chi connectivity index (χ4v) is 6.22. The number of carbonyl (C=O) groups is 10. The Balaban J connectivity index is 0. The van der Waals surface area contributed by atoms with Gasteiger partial charge in [0.25, 0.3) is 0 Å². The first kappa shape index (κ1) is 64.3. The van der Waals surface area contributed by atoms with E-state index in [-0.39, 0.29) is 183 Å². The number of hydrogen-bond acceptors (Lipinski definition) is 13. The van der Waals surface area contributed by atoms with Crippen molar-refractivity contribution in [1.29, 1.82) is 0 Å². The lowest BCUT2D eigenvalue weighted by atomic mass is 9.70. The first-order valence-electron chi connectivity index (χ1n) is 22.0. The molecule has 12 radical (unpaired) electrons. The lowest BCUT2D eigenvalue weighted by Crippen LogP contribution is -2.40. The fourth-order valence-electron chi connectivity index (χ4n) is 6.22. The predicted octanol–water partition coefficient (Wildman–Crippen LogP) is 1.33. The number of amides is 4. The lowest BCUT2D eigenvalue weighted by molar-refractivity contribution is -0.134. The van der Waals surface area contributed by atoms with Gasteiger partial charge in [0, 0.05) is 93.3 Å². The second-order valence-electron chi connectivity index (χ2n) is 18.4. The van der Waals surface area contributed by atoms with Gasteiger partial charge in [-0.25, -0.2) is 0 Å². The summed E-state index contributed by atoms with van der Waals surface area (Å²) in [4.78, 5) is 120. The normalized spacial score (nSPS) is 11.6. The number of carbonyl (C=O) groups excluding carboxylic acids is 10. The zero-order valence-electron chi connectivity index (χ0n) is 40.0. The Morgan fingerprint density at radius 1 is 0.379 bits per heavy atom. The van der Waals surface area contributed by atoms with Crippen LogP contribution in [0.5, 0.6) is 0 Å². The van der Waals surface area contributed by atoms with E-state index in [1.165, 1.54) is 0 Å². The third-order valence-electron chi connectivity index (χ3n) is 10.6. The van der Waals surface area contributed by atoms with Crippen LogP contribution in [0.3, 0.4) is 0 Å². The average Bonchev–Trinajstić information content (AvgIpc) is 3.27. The van der Waals surface area contributed by atoms with Crippen molar-refractivity contribution >= 4 is 106 Å². The summed E-state index contributed by atoms with van der Waals surface area (Å²) in [6, 6.07) is 0. The Kier molecular flexibility index (Phi) is 33.5. The van der Waals surface area contributed by atoms with E-state index in [4.69, 9.17) is 61.8 Å². The fraction of sp³-hybridized carbons (Fsp3) is 0.767. The summed E-state index contributed by atoms with van der Waals surface area (Å²) < 4.78 is 17.0. The molecule has 356 valence electrons. The minimum Gasteiger partial charge on any atom is -0.409 e. The van der Waals surface area contributed by atoms with Crippen LogP contribution in [0.2, 0.25) is 12.6 Å². The Morgan fingerprint density at radius 2 is 0.682 bits per heavy atom. The topological polar surface area (TPSA) is 247 Å². The Bertz CT molecular complexity index is 1480. The summed E-state index contributed by atoms with van der Waals surface area (Å²) in [5.74, 6) is -2.43. The third-order valence-corrected chi connectivity index (χ3v) is 10.6. The molecule has 23 heteroatoms. The Hall–Kier alpha value is -3.83. The number of Topliss-reactive ketones (excluding diaryl/α,β-unsaturated/α-hetero) is 6. The zero-order valence-corrected chi connectivity index (χ0v) is 40.0. The van der Waals surface area contributed by atoms with E-state index in [2.05, 4.69) is 0 Å². The summed E-state index contributed by atoms with van der Waals surface area (Å²) in [7, 11) is 31.2. The quantitative estimate of drug-likeness (QED) is 0.0513. The van der Waals surface area contributed by atoms with E-state index in [0.29, 0.717) is 0 Å². The van der Waals surface area contributed by atoms with Gasteiger partial charge in [0.15, 0.2) is 0 Å². The van der Waals surface area contributed by atoms with Gasteiger partial charge in [-0.2, -0.15) is 0 Å². The van der Waals surface area contributed by atoms with Crippen LogP contribution in [-0.2, 0) is 62.2 Å². The number of ether oxygens (including phenoxy) is 3. The predicted molar refractivity (Wildman–Crippen MR) is 252 cm³/mol. The molecule has 0 fully saturated rings. The molecule has 0 atom stereocenters. The Morgan fingerprint density at radius 3 is 1.02 bits per heavy atom. The van der Waals surface area contributed by atoms with Crippen LogP contribution in [0, 0.1) is 21.7 Å². The standard InChI is InChI=1S/C23H37B3N2O8.C20H31B3N2O5/c1-22(2,3)19(31)5-4-17(29)12-23(14-34-9-6-18(30)13-24,15-35-10-7-20(32)27-25)16-36-11-8-21(33)28-26;1-19(2,3)16(28)5-4-14(26)12-20(9-6-15(27)13-21,10-7-17(29)24-22)11-8-18(30)25-23/h4-16H2,1-3H3,(H,27,32)(H,28,33);4-13H2,1-3H3,(H,24,29)(H,25,30). The summed E-state index contributed by atoms with van der Waals surface area (Å²) in [6.07, 6.45) is 1.19. The van der Waals surface area contributed by atoms with Crippen LogP contribution in [0.1, 0.15) is 138 Å². The summed E-state index contributed by atoms with van der Waals surface area (Å²) in [5, 5.41) is 8.10. The van der Waals surface area contributed by atoms with Crippen molar-refractivity contribution in [3.63, 3.8) is 0 Å². The molecule has 4 N–H and O–H groups in total. The minimum atomic E-state index is -0.994. The zero-order chi connectivity index (χ0) is 51.0. The van der Waals surface area contributed by atoms with Gasteiger partial charge in [-0.1, -0.05) is 41.5 Å². The maximum absolute atomic E-state index is 12.9. The number of ketones is 6. The first-order chi connectivity index (χ1) is 30.8. The van der Waals surface area contributed by atoms with Crippen molar-refractivity contribution in [3.05, 3.63) is 0 Å². The lowest BCUT2D eigenvalue weighted by Gasteiger charge is -2.33. The Labute approximate surface area is 399 Å². The van der Waals surface area contributed by atoms with E-state index >= 15 is 0 Å². The van der Waals surface area contributed by atoms with Crippen LogP contribution in [0.4, 0.5) is 0 Å². The van der Waals surface area contributed by atoms with Crippen LogP contribution in [-0.4, -0.2) is 146 Å². The van der Waals surface area contributed by atoms with Gasteiger partial charge in [0.2, 0.25) is 55.6 Å². The molecule has 0 bridgehead atoms. The van der Waals surface area contributed by atoms with E-state index < -0.39 is 45.3 Å². The van der Waals surface area contributed by atoms with E-state index in [1.807, 2.05) is 20.9 Å². The number of nitrogens with one attached hydrogen (secondary N) is 4. The smallest absolute Gasteiger partial charge is 0.226 e. The summed E-state index contributed by atoms with van der Waals surface area (Å²) in [5.41, 5.74) is -2.88. The monoisotopic (exact) mass is 915 g/mol. The van der Waals surface area contributed by atoms with Crippen LogP contribution in [0.25, 0.3) is 0 Å². The molecule has 0 aromatic heterocycles. The molecule has 66 heavy (non-hydrogen) atoms. The summed E-state index contributed by atoms with van der Waals surface area (Å²) in [6.45, 7) is 10.8. The average molecular weight is 914 g/mol. The molecule has 0 saturated heterocycles. The molecular weight excluding hydrogens is 845 g/mol. The summed E-state index contributed by atoms with van der Waals surface area (Å²) >= 11 is 0. The SMILES string of the molecule is [B]CC(=O)CCC(CCC(=O)N[B])(CCC(=O)N[B])CC(=O)CCC(=O)C(C)(C)C.[B]CC(=O)CCOCC(COCCC(=O)N[B])(COCCC(=O)N[B])CC(=O)CCC(=O)C(C)(C)C. The van der Waals surface area contributed by atoms with Gasteiger partial charge in [0.1, 0.15) is 34.7 Å². The highest BCUT2D eigenvalue weighted by molar-refractivity contribution is 6.20. The van der Waals surface area contributed by atoms with Gasteiger partial charge >= 0.3 is 0 Å². The van der Waals surface area contributed by atoms with Crippen molar-refractivity contribution in [1.82, 2.24) is 20.9 Å². The molecule has 0 unspecified atom stereocenters. The largest absolute Gasteiger partial charge is 0.409 e. The van der Waals surface area contributed by atoms with E-state index in [9.17, 15) is 47.9 Å². The van der Waals surface area contributed by atoms with Gasteiger partial charge < -0.3 is 44.7 Å². The van der Waals surface area contributed by atoms with Gasteiger partial charge in [-0.15, -0.1) is 0 Å². The van der Waals surface area contributed by atoms with Gasteiger partial charge in [0.05, 0.1) is 55.3 Å². The maximum Gasteiger partial charge on any atom is 0.226 e. The molecule has 4 amide bonds. The minimum absolute atomic E-state index is 0.00397. The molecule has 0 heterocycles. The molecule has 0 aromatic rings. The second kappa shape index (κ2) is 34.5. The molecule has 0 aliphatic heterocycles. The number of rotatable bonds is 36. The van der Waals surface area contributed by atoms with Crippen molar-refractivity contribution in [2.45, 2.75) is 150 Å². The van der Waals surface area contributed by atoms with E-state index in [1.54, 1.807) is 41.5 Å². The first-order valence-corrected chi connectivity index (χ1v) is 22.0. The molecular formula is C43H68B6N4O13. The van der Waals surface area contributed by atoms with Crippen LogP contribution < -0.4 is 20.9 Å². The van der Waals surface area contributed by atoms with Crippen molar-refractivity contribution in [2.75, 3.05) is 39.6 Å². The van der Waals surface area contributed by atoms with Crippen LogP contribution in [0.15, 0.2) is 0 Å². The molecule has 0 saturated carbocycles. The van der Waals surface area contributed by atoms with Gasteiger partial charge in [-0.05, 0) is 37.3 Å². The highest BCUT2D eigenvalue weighted by atomic mass is 16.5. The van der Waals surface area contributed by atoms with Crippen molar-refractivity contribution < 1.29 is 62.2 Å². The number of hydrogen-bond donors (Lipinski definition) is 4. The van der Waals surface area contributed by atoms with Gasteiger partial charge in [-0.3, -0.25) is 38.4 Å². The maximum atomic E-state index is 12.9. The highest BCUT2D eigenvalue weighted by Gasteiger charge is 2.36. The molecule has 0 rings (SSSR count). The molecule has 0 aliphatic carbocycles. The highest BCUT2D eigenvalue weighted by Crippen LogP contribution is 2.40. The van der Waals surface area contributed by atoms with E-state index in [0.717, 1.165) is 0 Å². The molecule has 0 aromatic carbocycles. The van der Waals surface area contributed by atoms with Crippen LogP contribution >= 0.6 is 0 Å². The molecule has 0 spiro atoms. The van der Waals surface area contributed by atoms with Crippen molar-refractivity contribution in [2.24, 2.45) is 21.7 Å². The van der Waals surface area contributed by atoms with Crippen molar-refractivity contribution in [3.8, 4) is 0 Å². The molecule has 0 aliphatic rings. The third kappa shape index (κ3) is 31.2. The molecule has 17 nitrogen and oxygen atoms in total.